The molecule has 0 aliphatic carbocycles. The van der Waals surface area contributed by atoms with E-state index in [2.05, 4.69) is 6.58 Å². The lowest BCUT2D eigenvalue weighted by atomic mass is 10.0. The minimum Gasteiger partial charge on any atom is -0.495 e. The van der Waals surface area contributed by atoms with Gasteiger partial charge < -0.3 is 9.30 Å². The van der Waals surface area contributed by atoms with E-state index in [4.69, 9.17) is 4.74 Å². The topological polar surface area (TPSA) is 34.5 Å². The minimum atomic E-state index is -0.178. The van der Waals surface area contributed by atoms with Crippen LogP contribution >= 0.6 is 0 Å². The Balaban J connectivity index is 3.28. The second kappa shape index (κ2) is 6.38. The first kappa shape index (κ1) is 15.2. The molecule has 1 aromatic heterocycles. The zero-order valence-corrected chi connectivity index (χ0v) is 12.3. The van der Waals surface area contributed by atoms with Gasteiger partial charge in [0.05, 0.1) is 18.8 Å². The van der Waals surface area contributed by atoms with Gasteiger partial charge in [0, 0.05) is 18.8 Å². The Kier molecular flexibility index (Phi) is 5.12. The van der Waals surface area contributed by atoms with Gasteiger partial charge in [-0.15, -0.1) is 0 Å². The third kappa shape index (κ3) is 3.15. The lowest BCUT2D eigenvalue weighted by molar-refractivity contribution is 0.0890. The number of Topliss-reactive ketones (excluding diaryl/α,β-unsaturated/α-hetero) is 1. The molecule has 0 saturated carbocycles. The molecule has 0 amide bonds. The molecule has 1 heterocycles. The fourth-order valence-corrected chi connectivity index (χ4v) is 1.85. The maximum Gasteiger partial charge on any atom is 0.181 e. The van der Waals surface area contributed by atoms with Gasteiger partial charge in [-0.2, -0.15) is 0 Å². The molecular weight excluding hydrogens is 240 g/mol. The monoisotopic (exact) mass is 262 g/mol. The van der Waals surface area contributed by atoms with Gasteiger partial charge in [-0.05, 0) is 33.2 Å². The van der Waals surface area contributed by atoms with Crippen LogP contribution in [0.15, 0.2) is 31.0 Å². The number of hydrogen-bond donors (Lipinski definition) is 0. The summed E-state index contributed by atoms with van der Waals surface area (Å²) in [6, 6.07) is 1.65. The lowest BCUT2D eigenvalue weighted by Crippen LogP contribution is -2.33. The van der Waals surface area contributed by atoms with Gasteiger partial charge in [0.15, 0.2) is 5.78 Å². The number of methoxy groups -OCH3 is 1. The number of rotatable bonds is 6. The largest absolute Gasteiger partial charge is 0.495 e. The standard InChI is InChI=1S/C15H22N2O2/c1-7-8-13(19-6)14-12(9-10-17(14)5)15(18)11(2)16(3)4/h7-11H,1H2,2-6H3/b13-8+. The molecule has 104 valence electrons. The van der Waals surface area contributed by atoms with E-state index in [1.165, 1.54) is 0 Å². The molecule has 0 radical (unpaired) electrons. The van der Waals surface area contributed by atoms with Crippen LogP contribution in [0.1, 0.15) is 23.0 Å². The summed E-state index contributed by atoms with van der Waals surface area (Å²) in [4.78, 5) is 14.4. The zero-order chi connectivity index (χ0) is 14.6. The van der Waals surface area contributed by atoms with Crippen LogP contribution in [0.5, 0.6) is 0 Å². The Hall–Kier alpha value is -1.81. The van der Waals surface area contributed by atoms with E-state index in [1.54, 1.807) is 19.3 Å². The molecule has 4 nitrogen and oxygen atoms in total. The smallest absolute Gasteiger partial charge is 0.181 e. The summed E-state index contributed by atoms with van der Waals surface area (Å²) in [7, 11) is 7.26. The molecule has 0 N–H and O–H groups in total. The average Bonchev–Trinajstić information content (AvgIpc) is 2.76. The summed E-state index contributed by atoms with van der Waals surface area (Å²) >= 11 is 0. The highest BCUT2D eigenvalue weighted by Gasteiger charge is 2.23. The van der Waals surface area contributed by atoms with Crippen LogP contribution in [0, 0.1) is 0 Å². The van der Waals surface area contributed by atoms with E-state index in [-0.39, 0.29) is 11.8 Å². The number of carbonyl (C=O) groups is 1. The summed E-state index contributed by atoms with van der Waals surface area (Å²) in [6.45, 7) is 5.56. The number of nitrogens with zero attached hydrogens (tertiary/aromatic N) is 2. The van der Waals surface area contributed by atoms with Crippen LogP contribution in [0.25, 0.3) is 5.76 Å². The van der Waals surface area contributed by atoms with Crippen molar-refractivity contribution >= 4 is 11.5 Å². The minimum absolute atomic E-state index is 0.0765. The van der Waals surface area contributed by atoms with Crippen molar-refractivity contribution in [3.05, 3.63) is 42.3 Å². The van der Waals surface area contributed by atoms with Crippen LogP contribution in [0.2, 0.25) is 0 Å². The van der Waals surface area contributed by atoms with E-state index in [0.29, 0.717) is 11.3 Å². The molecule has 19 heavy (non-hydrogen) atoms. The van der Waals surface area contributed by atoms with Crippen LogP contribution < -0.4 is 0 Å². The van der Waals surface area contributed by atoms with E-state index in [9.17, 15) is 4.79 Å². The average molecular weight is 262 g/mol. The Labute approximate surface area is 115 Å². The molecule has 0 aliphatic heterocycles. The molecule has 0 saturated heterocycles. The van der Waals surface area contributed by atoms with Crippen molar-refractivity contribution in [2.45, 2.75) is 13.0 Å². The first-order valence-electron chi connectivity index (χ1n) is 6.17. The number of aryl methyl sites for hydroxylation is 1. The molecule has 0 bridgehead atoms. The highest BCUT2D eigenvalue weighted by Crippen LogP contribution is 2.23. The van der Waals surface area contributed by atoms with Crippen LogP contribution in [0.3, 0.4) is 0 Å². The molecule has 4 heteroatoms. The van der Waals surface area contributed by atoms with Crippen molar-refractivity contribution < 1.29 is 9.53 Å². The number of allylic oxidation sites excluding steroid dienone is 2. The Morgan fingerprint density at radius 3 is 2.63 bits per heavy atom. The van der Waals surface area contributed by atoms with Gasteiger partial charge in [0.25, 0.3) is 0 Å². The molecule has 1 rings (SSSR count). The van der Waals surface area contributed by atoms with Crippen molar-refractivity contribution in [1.29, 1.82) is 0 Å². The summed E-state index contributed by atoms with van der Waals surface area (Å²) in [6.07, 6.45) is 5.27. The molecule has 1 aromatic rings. The first-order chi connectivity index (χ1) is 8.93. The maximum absolute atomic E-state index is 12.5. The predicted molar refractivity (Wildman–Crippen MR) is 78.1 cm³/mol. The van der Waals surface area contributed by atoms with Gasteiger partial charge in [0.2, 0.25) is 0 Å². The van der Waals surface area contributed by atoms with Crippen molar-refractivity contribution in [2.75, 3.05) is 21.2 Å². The van der Waals surface area contributed by atoms with E-state index >= 15 is 0 Å². The normalized spacial score (nSPS) is 13.5. The van der Waals surface area contributed by atoms with E-state index in [1.807, 2.05) is 49.8 Å². The number of aromatic nitrogens is 1. The summed E-state index contributed by atoms with van der Waals surface area (Å²) < 4.78 is 7.23. The highest BCUT2D eigenvalue weighted by atomic mass is 16.5. The van der Waals surface area contributed by atoms with Gasteiger partial charge in [-0.1, -0.05) is 12.7 Å². The van der Waals surface area contributed by atoms with E-state index in [0.717, 1.165) is 5.69 Å². The third-order valence-corrected chi connectivity index (χ3v) is 3.21. The molecule has 0 spiro atoms. The van der Waals surface area contributed by atoms with Gasteiger partial charge in [-0.3, -0.25) is 9.69 Å². The number of hydrogen-bond acceptors (Lipinski definition) is 3. The lowest BCUT2D eigenvalue weighted by Gasteiger charge is -2.19. The molecule has 1 atom stereocenters. The molecule has 1 unspecified atom stereocenters. The third-order valence-electron chi connectivity index (χ3n) is 3.21. The van der Waals surface area contributed by atoms with Gasteiger partial charge in [-0.25, -0.2) is 0 Å². The Bertz CT molecular complexity index is 498. The van der Waals surface area contributed by atoms with Crippen molar-refractivity contribution in [2.24, 2.45) is 7.05 Å². The van der Waals surface area contributed by atoms with Gasteiger partial charge >= 0.3 is 0 Å². The quantitative estimate of drug-likeness (QED) is 0.448. The van der Waals surface area contributed by atoms with Crippen LogP contribution in [-0.2, 0) is 11.8 Å². The number of likely N-dealkylation sites (N-methyl/N-ethyl adjacent to an activating group) is 1. The van der Waals surface area contributed by atoms with Crippen LogP contribution in [-0.4, -0.2) is 42.5 Å². The van der Waals surface area contributed by atoms with Crippen molar-refractivity contribution in [3.63, 3.8) is 0 Å². The summed E-state index contributed by atoms with van der Waals surface area (Å²) in [5, 5.41) is 0. The first-order valence-corrected chi connectivity index (χ1v) is 6.17. The predicted octanol–water partition coefficient (Wildman–Crippen LogP) is 2.33. The summed E-state index contributed by atoms with van der Waals surface area (Å²) in [5.74, 6) is 0.712. The molecule has 0 fully saturated rings. The number of carbonyl (C=O) groups excluding carboxylic acids is 1. The Morgan fingerprint density at radius 2 is 2.16 bits per heavy atom. The second-order valence-electron chi connectivity index (χ2n) is 4.66. The van der Waals surface area contributed by atoms with Crippen molar-refractivity contribution in [3.8, 4) is 0 Å². The van der Waals surface area contributed by atoms with Gasteiger partial charge in [0.1, 0.15) is 5.76 Å². The number of ketones is 1. The van der Waals surface area contributed by atoms with E-state index < -0.39 is 0 Å². The summed E-state index contributed by atoms with van der Waals surface area (Å²) in [5.41, 5.74) is 1.44. The maximum atomic E-state index is 12.5. The zero-order valence-electron chi connectivity index (χ0n) is 12.3. The Morgan fingerprint density at radius 1 is 1.53 bits per heavy atom. The molecule has 0 aromatic carbocycles. The van der Waals surface area contributed by atoms with Crippen LogP contribution in [0.4, 0.5) is 0 Å². The fourth-order valence-electron chi connectivity index (χ4n) is 1.85. The highest BCUT2D eigenvalue weighted by molar-refractivity contribution is 6.03. The fraction of sp³-hybridized carbons (Fsp3) is 0.400. The molecule has 0 aliphatic rings. The SMILES string of the molecule is C=C/C=C(/OC)c1c(C(=O)C(C)N(C)C)ccn1C. The molecular formula is C15H22N2O2. The number of ether oxygens (including phenoxy) is 1. The second-order valence-corrected chi connectivity index (χ2v) is 4.66. The van der Waals surface area contributed by atoms with Crippen molar-refractivity contribution in [1.82, 2.24) is 9.47 Å².